The van der Waals surface area contributed by atoms with Gasteiger partial charge in [-0.3, -0.25) is 4.79 Å². The summed E-state index contributed by atoms with van der Waals surface area (Å²) in [5, 5.41) is 0. The van der Waals surface area contributed by atoms with Crippen LogP contribution in [0.4, 0.5) is 5.69 Å². The number of carbonyl (C=O) groups excluding carboxylic acids is 1. The lowest BCUT2D eigenvalue weighted by Crippen LogP contribution is -2.18. The number of rotatable bonds is 2. The van der Waals surface area contributed by atoms with Crippen LogP contribution in [0, 0.1) is 0 Å². The largest absolute Gasteiger partial charge is 0.364 e. The second-order valence-electron chi connectivity index (χ2n) is 3.09. The average Bonchev–Trinajstić information content (AvgIpc) is 2.71. The molecule has 0 bridgehead atoms. The predicted octanol–water partition coefficient (Wildman–Crippen LogP) is 1.88. The van der Waals surface area contributed by atoms with E-state index in [4.69, 9.17) is 0 Å². The van der Waals surface area contributed by atoms with Crippen molar-refractivity contribution in [2.24, 2.45) is 0 Å². The van der Waals surface area contributed by atoms with Crippen molar-refractivity contribution in [2.45, 2.75) is 0 Å². The maximum Gasteiger partial charge on any atom is 0.150 e. The minimum absolute atomic E-state index is 0.732. The summed E-state index contributed by atoms with van der Waals surface area (Å²) < 4.78 is 0. The molecule has 2 heteroatoms. The molecule has 0 aromatic heterocycles. The minimum Gasteiger partial charge on any atom is -0.364 e. The van der Waals surface area contributed by atoms with E-state index < -0.39 is 0 Å². The topological polar surface area (TPSA) is 20.3 Å². The van der Waals surface area contributed by atoms with Crippen molar-refractivity contribution < 1.29 is 4.79 Å². The van der Waals surface area contributed by atoms with Gasteiger partial charge in [-0.15, -0.1) is 0 Å². The first-order chi connectivity index (χ1) is 6.40. The number of carbonyl (C=O) groups is 1. The number of hydrogen-bond acceptors (Lipinski definition) is 2. The highest BCUT2D eigenvalue weighted by Gasteiger charge is 2.06. The Bertz CT molecular complexity index is 318. The third-order valence-corrected chi connectivity index (χ3v) is 2.21. The fourth-order valence-corrected chi connectivity index (χ4v) is 1.45. The molecule has 66 valence electrons. The Balaban J connectivity index is 2.17. The van der Waals surface area contributed by atoms with Crippen LogP contribution in [0.15, 0.2) is 36.4 Å². The van der Waals surface area contributed by atoms with E-state index in [1.54, 1.807) is 0 Å². The van der Waals surface area contributed by atoms with Crippen molar-refractivity contribution >= 4 is 12.0 Å². The van der Waals surface area contributed by atoms with Gasteiger partial charge in [0.1, 0.15) is 6.29 Å². The van der Waals surface area contributed by atoms with Crippen molar-refractivity contribution in [2.75, 3.05) is 18.0 Å². The Morgan fingerprint density at radius 3 is 2.23 bits per heavy atom. The predicted molar refractivity (Wildman–Crippen MR) is 53.2 cm³/mol. The molecule has 1 aromatic carbocycles. The zero-order valence-electron chi connectivity index (χ0n) is 7.31. The molecule has 1 aliphatic rings. The molecule has 0 atom stereocenters. The molecule has 0 spiro atoms. The molecule has 0 saturated heterocycles. The van der Waals surface area contributed by atoms with Crippen LogP contribution >= 0.6 is 0 Å². The van der Waals surface area contributed by atoms with Gasteiger partial charge in [0.05, 0.1) is 0 Å². The molecule has 2 rings (SSSR count). The second-order valence-corrected chi connectivity index (χ2v) is 3.09. The SMILES string of the molecule is O=Cc1ccc(N2CC=CC2)cc1. The quantitative estimate of drug-likeness (QED) is 0.502. The maximum atomic E-state index is 10.4. The van der Waals surface area contributed by atoms with E-state index in [9.17, 15) is 4.79 Å². The van der Waals surface area contributed by atoms with Crippen molar-refractivity contribution in [3.63, 3.8) is 0 Å². The van der Waals surface area contributed by atoms with Crippen molar-refractivity contribution in [1.82, 2.24) is 0 Å². The molecule has 2 nitrogen and oxygen atoms in total. The zero-order chi connectivity index (χ0) is 9.10. The van der Waals surface area contributed by atoms with Gasteiger partial charge in [0.25, 0.3) is 0 Å². The van der Waals surface area contributed by atoms with Crippen LogP contribution in [0.3, 0.4) is 0 Å². The monoisotopic (exact) mass is 173 g/mol. The first-order valence-corrected chi connectivity index (χ1v) is 4.35. The zero-order valence-corrected chi connectivity index (χ0v) is 7.31. The van der Waals surface area contributed by atoms with Gasteiger partial charge >= 0.3 is 0 Å². The summed E-state index contributed by atoms with van der Waals surface area (Å²) in [4.78, 5) is 12.7. The lowest BCUT2D eigenvalue weighted by molar-refractivity contribution is 0.112. The van der Waals surface area contributed by atoms with Gasteiger partial charge in [-0.1, -0.05) is 12.2 Å². The Morgan fingerprint density at radius 2 is 1.69 bits per heavy atom. The third kappa shape index (κ3) is 1.61. The summed E-state index contributed by atoms with van der Waals surface area (Å²) in [6.07, 6.45) is 5.16. The third-order valence-electron chi connectivity index (χ3n) is 2.21. The smallest absolute Gasteiger partial charge is 0.150 e. The van der Waals surface area contributed by atoms with E-state index >= 15 is 0 Å². The first kappa shape index (κ1) is 8.05. The molecule has 1 aromatic rings. The molecule has 0 fully saturated rings. The van der Waals surface area contributed by atoms with E-state index in [2.05, 4.69) is 17.1 Å². The molecule has 13 heavy (non-hydrogen) atoms. The lowest BCUT2D eigenvalue weighted by Gasteiger charge is -2.17. The summed E-state index contributed by atoms with van der Waals surface area (Å²) >= 11 is 0. The average molecular weight is 173 g/mol. The Morgan fingerprint density at radius 1 is 1.08 bits per heavy atom. The molecule has 0 radical (unpaired) electrons. The van der Waals surface area contributed by atoms with Gasteiger partial charge in [0, 0.05) is 24.3 Å². The van der Waals surface area contributed by atoms with Crippen molar-refractivity contribution in [1.29, 1.82) is 0 Å². The van der Waals surface area contributed by atoms with Crippen LogP contribution in [0.1, 0.15) is 10.4 Å². The standard InChI is InChI=1S/C11H11NO/c13-9-10-3-5-11(6-4-10)12-7-1-2-8-12/h1-6,9H,7-8H2. The van der Waals surface area contributed by atoms with E-state index in [0.717, 1.165) is 24.9 Å². The highest BCUT2D eigenvalue weighted by Crippen LogP contribution is 2.16. The number of hydrogen-bond donors (Lipinski definition) is 0. The molecule has 0 N–H and O–H groups in total. The van der Waals surface area contributed by atoms with Crippen LogP contribution in [0.25, 0.3) is 0 Å². The van der Waals surface area contributed by atoms with Gasteiger partial charge in [-0.25, -0.2) is 0 Å². The van der Waals surface area contributed by atoms with Crippen LogP contribution in [-0.2, 0) is 0 Å². The highest BCUT2D eigenvalue weighted by atomic mass is 16.1. The summed E-state index contributed by atoms with van der Waals surface area (Å²) in [6.45, 7) is 1.95. The summed E-state index contributed by atoms with van der Waals surface area (Å²) in [6, 6.07) is 7.66. The van der Waals surface area contributed by atoms with Gasteiger partial charge in [-0.05, 0) is 24.3 Å². The summed E-state index contributed by atoms with van der Waals surface area (Å²) in [7, 11) is 0. The van der Waals surface area contributed by atoms with Gasteiger partial charge in [0.15, 0.2) is 0 Å². The van der Waals surface area contributed by atoms with Gasteiger partial charge in [-0.2, -0.15) is 0 Å². The number of anilines is 1. The van der Waals surface area contributed by atoms with Crippen molar-refractivity contribution in [3.05, 3.63) is 42.0 Å². The number of nitrogens with zero attached hydrogens (tertiary/aromatic N) is 1. The highest BCUT2D eigenvalue weighted by molar-refractivity contribution is 5.75. The molecule has 1 heterocycles. The minimum atomic E-state index is 0.732. The number of benzene rings is 1. The molecular weight excluding hydrogens is 162 g/mol. The second kappa shape index (κ2) is 3.44. The molecule has 1 aliphatic heterocycles. The van der Waals surface area contributed by atoms with Crippen LogP contribution in [0.5, 0.6) is 0 Å². The normalized spacial score (nSPS) is 14.9. The summed E-state index contributed by atoms with van der Waals surface area (Å²) in [5.74, 6) is 0. The number of aldehydes is 1. The first-order valence-electron chi connectivity index (χ1n) is 4.35. The molecule has 0 unspecified atom stereocenters. The van der Waals surface area contributed by atoms with E-state index in [1.807, 2.05) is 24.3 Å². The fraction of sp³-hybridized carbons (Fsp3) is 0.182. The van der Waals surface area contributed by atoms with E-state index in [0.29, 0.717) is 0 Å². The Kier molecular flexibility index (Phi) is 2.13. The molecule has 0 saturated carbocycles. The maximum absolute atomic E-state index is 10.4. The van der Waals surface area contributed by atoms with Crippen LogP contribution < -0.4 is 4.90 Å². The van der Waals surface area contributed by atoms with Crippen LogP contribution in [0.2, 0.25) is 0 Å². The van der Waals surface area contributed by atoms with Crippen LogP contribution in [-0.4, -0.2) is 19.4 Å². The van der Waals surface area contributed by atoms with E-state index in [1.165, 1.54) is 5.69 Å². The van der Waals surface area contributed by atoms with Gasteiger partial charge in [0.2, 0.25) is 0 Å². The molecule has 0 amide bonds. The molecular formula is C11H11NO. The summed E-state index contributed by atoms with van der Waals surface area (Å²) in [5.41, 5.74) is 1.91. The van der Waals surface area contributed by atoms with Gasteiger partial charge < -0.3 is 4.90 Å². The van der Waals surface area contributed by atoms with E-state index in [-0.39, 0.29) is 0 Å². The fourth-order valence-electron chi connectivity index (χ4n) is 1.45. The Hall–Kier alpha value is -1.57. The Labute approximate surface area is 77.5 Å². The van der Waals surface area contributed by atoms with Crippen molar-refractivity contribution in [3.8, 4) is 0 Å². The molecule has 0 aliphatic carbocycles. The lowest BCUT2D eigenvalue weighted by atomic mass is 10.2.